The third kappa shape index (κ3) is 6.24. The van der Waals surface area contributed by atoms with Crippen molar-refractivity contribution >= 4 is 11.7 Å². The van der Waals surface area contributed by atoms with E-state index in [0.717, 1.165) is 37.9 Å². The van der Waals surface area contributed by atoms with Gasteiger partial charge in [-0.15, -0.1) is 0 Å². The van der Waals surface area contributed by atoms with Gasteiger partial charge in [0.25, 0.3) is 0 Å². The SMILES string of the molecule is CC(=O)Oc1ccc(N(C)CCCCCCC#N)cc1. The lowest BCUT2D eigenvalue weighted by molar-refractivity contribution is -0.131. The van der Waals surface area contributed by atoms with Crippen LogP contribution in [0.15, 0.2) is 24.3 Å². The van der Waals surface area contributed by atoms with Gasteiger partial charge in [-0.25, -0.2) is 0 Å². The average Bonchev–Trinajstić information content (AvgIpc) is 2.42. The molecule has 4 heteroatoms. The van der Waals surface area contributed by atoms with E-state index in [2.05, 4.69) is 18.0 Å². The summed E-state index contributed by atoms with van der Waals surface area (Å²) < 4.78 is 5.00. The summed E-state index contributed by atoms with van der Waals surface area (Å²) in [6.07, 6.45) is 5.04. The Bertz CT molecular complexity index is 449. The second-order valence-electron chi connectivity index (χ2n) is 4.83. The van der Waals surface area contributed by atoms with Gasteiger partial charge < -0.3 is 9.64 Å². The summed E-state index contributed by atoms with van der Waals surface area (Å²) in [4.78, 5) is 13.0. The van der Waals surface area contributed by atoms with E-state index < -0.39 is 0 Å². The smallest absolute Gasteiger partial charge is 0.308 e. The fraction of sp³-hybridized carbons (Fsp3) is 0.500. The number of nitrogens with zero attached hydrogens (tertiary/aromatic N) is 2. The van der Waals surface area contributed by atoms with Gasteiger partial charge in [0.2, 0.25) is 0 Å². The first-order valence-electron chi connectivity index (χ1n) is 7.00. The molecule has 0 bridgehead atoms. The zero-order valence-electron chi connectivity index (χ0n) is 12.3. The summed E-state index contributed by atoms with van der Waals surface area (Å²) in [5, 5.41) is 8.45. The second-order valence-corrected chi connectivity index (χ2v) is 4.83. The lowest BCUT2D eigenvalue weighted by atomic mass is 10.1. The lowest BCUT2D eigenvalue weighted by Crippen LogP contribution is -2.18. The largest absolute Gasteiger partial charge is 0.427 e. The Kier molecular flexibility index (Phi) is 7.20. The minimum absolute atomic E-state index is 0.302. The highest BCUT2D eigenvalue weighted by Crippen LogP contribution is 2.19. The van der Waals surface area contributed by atoms with Crippen LogP contribution in [0.3, 0.4) is 0 Å². The van der Waals surface area contributed by atoms with E-state index in [1.54, 1.807) is 12.1 Å². The molecule has 1 rings (SSSR count). The Morgan fingerprint density at radius 1 is 1.20 bits per heavy atom. The van der Waals surface area contributed by atoms with E-state index in [0.29, 0.717) is 12.2 Å². The molecule has 108 valence electrons. The summed E-state index contributed by atoms with van der Waals surface area (Å²) >= 11 is 0. The van der Waals surface area contributed by atoms with Crippen molar-refractivity contribution in [2.45, 2.75) is 39.0 Å². The van der Waals surface area contributed by atoms with Gasteiger partial charge in [-0.05, 0) is 37.1 Å². The van der Waals surface area contributed by atoms with Gasteiger partial charge in [-0.3, -0.25) is 4.79 Å². The highest BCUT2D eigenvalue weighted by molar-refractivity contribution is 5.69. The average molecular weight is 274 g/mol. The van der Waals surface area contributed by atoms with E-state index >= 15 is 0 Å². The molecule has 0 aliphatic carbocycles. The Hall–Kier alpha value is -2.02. The number of anilines is 1. The highest BCUT2D eigenvalue weighted by atomic mass is 16.5. The van der Waals surface area contributed by atoms with E-state index in [1.807, 2.05) is 12.1 Å². The molecular weight excluding hydrogens is 252 g/mol. The maximum atomic E-state index is 10.8. The minimum Gasteiger partial charge on any atom is -0.427 e. The molecule has 0 atom stereocenters. The van der Waals surface area contributed by atoms with Crippen molar-refractivity contribution in [1.82, 2.24) is 0 Å². The first kappa shape index (κ1) is 16.0. The van der Waals surface area contributed by atoms with E-state index in [9.17, 15) is 4.79 Å². The van der Waals surface area contributed by atoms with Crippen LogP contribution in [0.4, 0.5) is 5.69 Å². The van der Waals surface area contributed by atoms with Gasteiger partial charge in [-0.2, -0.15) is 5.26 Å². The van der Waals surface area contributed by atoms with Crippen LogP contribution in [0, 0.1) is 11.3 Å². The first-order chi connectivity index (χ1) is 9.63. The molecule has 4 nitrogen and oxygen atoms in total. The van der Waals surface area contributed by atoms with Crippen molar-refractivity contribution in [1.29, 1.82) is 5.26 Å². The van der Waals surface area contributed by atoms with Crippen LogP contribution in [0.5, 0.6) is 5.75 Å². The topological polar surface area (TPSA) is 53.3 Å². The van der Waals surface area contributed by atoms with Crippen molar-refractivity contribution < 1.29 is 9.53 Å². The third-order valence-electron chi connectivity index (χ3n) is 3.07. The Morgan fingerprint density at radius 2 is 1.85 bits per heavy atom. The monoisotopic (exact) mass is 274 g/mol. The molecule has 0 N–H and O–H groups in total. The Labute approximate surface area is 121 Å². The number of nitriles is 1. The molecule has 0 amide bonds. The third-order valence-corrected chi connectivity index (χ3v) is 3.07. The molecule has 1 aromatic rings. The molecule has 20 heavy (non-hydrogen) atoms. The number of hydrogen-bond acceptors (Lipinski definition) is 4. The number of esters is 1. The zero-order chi connectivity index (χ0) is 14.8. The summed E-state index contributed by atoms with van der Waals surface area (Å²) in [5.41, 5.74) is 1.11. The molecular formula is C16H22N2O2. The van der Waals surface area contributed by atoms with Gasteiger partial charge in [0.1, 0.15) is 5.75 Å². The van der Waals surface area contributed by atoms with Crippen LogP contribution in [0.25, 0.3) is 0 Å². The fourth-order valence-electron chi connectivity index (χ4n) is 1.97. The fourth-order valence-corrected chi connectivity index (χ4v) is 1.97. The predicted molar refractivity (Wildman–Crippen MR) is 79.7 cm³/mol. The Balaban J connectivity index is 2.30. The molecule has 0 saturated heterocycles. The zero-order valence-corrected chi connectivity index (χ0v) is 12.3. The molecule has 1 aromatic carbocycles. The lowest BCUT2D eigenvalue weighted by Gasteiger charge is -2.19. The maximum absolute atomic E-state index is 10.8. The standard InChI is InChI=1S/C16H22N2O2/c1-14(19)20-16-10-8-15(9-11-16)18(2)13-7-5-3-4-6-12-17/h8-11H,3-7,13H2,1-2H3. The summed E-state index contributed by atoms with van der Waals surface area (Å²) in [5.74, 6) is 0.273. The molecule has 0 saturated carbocycles. The van der Waals surface area contributed by atoms with Crippen molar-refractivity contribution in [2.75, 3.05) is 18.5 Å². The highest BCUT2D eigenvalue weighted by Gasteiger charge is 2.02. The molecule has 0 aromatic heterocycles. The normalized spacial score (nSPS) is 9.85. The van der Waals surface area contributed by atoms with Crippen molar-refractivity contribution in [3.63, 3.8) is 0 Å². The van der Waals surface area contributed by atoms with Crippen LogP contribution in [0.1, 0.15) is 39.0 Å². The molecule has 0 aliphatic heterocycles. The molecule has 0 heterocycles. The van der Waals surface area contributed by atoms with Crippen LogP contribution in [-0.2, 0) is 4.79 Å². The van der Waals surface area contributed by atoms with Gasteiger partial charge >= 0.3 is 5.97 Å². The van der Waals surface area contributed by atoms with Crippen LogP contribution in [0.2, 0.25) is 0 Å². The number of hydrogen-bond donors (Lipinski definition) is 0. The number of rotatable bonds is 8. The molecule has 0 unspecified atom stereocenters. The second kappa shape index (κ2) is 8.98. The van der Waals surface area contributed by atoms with Crippen LogP contribution in [-0.4, -0.2) is 19.6 Å². The van der Waals surface area contributed by atoms with Crippen molar-refractivity contribution in [2.24, 2.45) is 0 Å². The number of carbonyl (C=O) groups excluding carboxylic acids is 1. The number of benzene rings is 1. The maximum Gasteiger partial charge on any atom is 0.308 e. The summed E-state index contributed by atoms with van der Waals surface area (Å²) in [6, 6.07) is 9.68. The summed E-state index contributed by atoms with van der Waals surface area (Å²) in [6.45, 7) is 2.38. The van der Waals surface area contributed by atoms with Gasteiger partial charge in [-0.1, -0.05) is 12.8 Å². The molecule has 0 aliphatic rings. The number of ether oxygens (including phenoxy) is 1. The van der Waals surface area contributed by atoms with Crippen molar-refractivity contribution in [3.8, 4) is 11.8 Å². The Morgan fingerprint density at radius 3 is 2.45 bits per heavy atom. The van der Waals surface area contributed by atoms with Gasteiger partial charge in [0.05, 0.1) is 6.07 Å². The van der Waals surface area contributed by atoms with E-state index in [1.165, 1.54) is 6.92 Å². The first-order valence-corrected chi connectivity index (χ1v) is 7.00. The van der Waals surface area contributed by atoms with Gasteiger partial charge in [0, 0.05) is 32.6 Å². The summed E-state index contributed by atoms with van der Waals surface area (Å²) in [7, 11) is 2.05. The van der Waals surface area contributed by atoms with E-state index in [-0.39, 0.29) is 5.97 Å². The number of unbranched alkanes of at least 4 members (excludes halogenated alkanes) is 4. The molecule has 0 radical (unpaired) electrons. The van der Waals surface area contributed by atoms with E-state index in [4.69, 9.17) is 10.00 Å². The predicted octanol–water partition coefficient (Wildman–Crippen LogP) is 3.52. The minimum atomic E-state index is -0.302. The molecule has 0 spiro atoms. The van der Waals surface area contributed by atoms with Crippen LogP contribution < -0.4 is 9.64 Å². The quantitative estimate of drug-likeness (QED) is 0.413. The van der Waals surface area contributed by atoms with Crippen molar-refractivity contribution in [3.05, 3.63) is 24.3 Å². The van der Waals surface area contributed by atoms with Crippen LogP contribution >= 0.6 is 0 Å². The van der Waals surface area contributed by atoms with Gasteiger partial charge in [0.15, 0.2) is 0 Å². The number of carbonyl (C=O) groups is 1. The molecule has 0 fully saturated rings.